The van der Waals surface area contributed by atoms with Crippen molar-refractivity contribution in [1.29, 1.82) is 0 Å². The predicted octanol–water partition coefficient (Wildman–Crippen LogP) is 2.59. The molecule has 0 saturated carbocycles. The summed E-state index contributed by atoms with van der Waals surface area (Å²) in [7, 11) is 0. The Morgan fingerprint density at radius 2 is 2.00 bits per heavy atom. The molecule has 17 heavy (non-hydrogen) atoms. The van der Waals surface area contributed by atoms with E-state index in [2.05, 4.69) is 11.8 Å². The Hall–Kier alpha value is -0.570. The van der Waals surface area contributed by atoms with Crippen LogP contribution in [0.25, 0.3) is 0 Å². The van der Waals surface area contributed by atoms with Crippen molar-refractivity contribution in [2.24, 2.45) is 5.92 Å². The van der Waals surface area contributed by atoms with Gasteiger partial charge in [-0.3, -0.25) is 4.79 Å². The minimum atomic E-state index is 0.378. The molecule has 2 aliphatic heterocycles. The number of ether oxygens (including phenoxy) is 1. The fourth-order valence-corrected chi connectivity index (χ4v) is 2.97. The highest BCUT2D eigenvalue weighted by atomic mass is 16.5. The molecule has 1 atom stereocenters. The van der Waals surface area contributed by atoms with E-state index in [0.717, 1.165) is 45.4 Å². The number of hydrogen-bond acceptors (Lipinski definition) is 2. The van der Waals surface area contributed by atoms with Crippen molar-refractivity contribution in [1.82, 2.24) is 4.90 Å². The lowest BCUT2D eigenvalue weighted by atomic mass is 9.94. The fourth-order valence-electron chi connectivity index (χ4n) is 2.97. The van der Waals surface area contributed by atoms with Crippen molar-refractivity contribution in [2.45, 2.75) is 57.9 Å². The SMILES string of the molecule is CC1CCCCN1C(=O)CCC1CCOCC1. The zero-order valence-corrected chi connectivity index (χ0v) is 11.0. The first-order valence-corrected chi connectivity index (χ1v) is 7.14. The van der Waals surface area contributed by atoms with Crippen molar-refractivity contribution in [2.75, 3.05) is 19.8 Å². The van der Waals surface area contributed by atoms with E-state index in [1.165, 1.54) is 19.3 Å². The maximum absolute atomic E-state index is 12.1. The summed E-state index contributed by atoms with van der Waals surface area (Å²) in [5.74, 6) is 1.09. The molecule has 0 radical (unpaired) electrons. The van der Waals surface area contributed by atoms with E-state index in [0.29, 0.717) is 17.9 Å². The van der Waals surface area contributed by atoms with E-state index in [4.69, 9.17) is 4.74 Å². The first kappa shape index (κ1) is 12.9. The summed E-state index contributed by atoms with van der Waals surface area (Å²) in [6.45, 7) is 4.94. The van der Waals surface area contributed by atoms with Gasteiger partial charge in [0.25, 0.3) is 0 Å². The van der Waals surface area contributed by atoms with E-state index >= 15 is 0 Å². The number of hydrogen-bond donors (Lipinski definition) is 0. The van der Waals surface area contributed by atoms with Crippen molar-refractivity contribution in [3.05, 3.63) is 0 Å². The number of carbonyl (C=O) groups is 1. The number of rotatable bonds is 3. The predicted molar refractivity (Wildman–Crippen MR) is 67.8 cm³/mol. The van der Waals surface area contributed by atoms with Crippen LogP contribution in [0.1, 0.15) is 51.9 Å². The van der Waals surface area contributed by atoms with Crippen molar-refractivity contribution in [3.63, 3.8) is 0 Å². The summed E-state index contributed by atoms with van der Waals surface area (Å²) >= 11 is 0. The summed E-state index contributed by atoms with van der Waals surface area (Å²) in [5.41, 5.74) is 0. The van der Waals surface area contributed by atoms with Gasteiger partial charge in [-0.15, -0.1) is 0 Å². The highest BCUT2D eigenvalue weighted by molar-refractivity contribution is 5.76. The molecule has 2 fully saturated rings. The van der Waals surface area contributed by atoms with E-state index < -0.39 is 0 Å². The molecule has 0 aromatic heterocycles. The van der Waals surface area contributed by atoms with Crippen molar-refractivity contribution < 1.29 is 9.53 Å². The highest BCUT2D eigenvalue weighted by Gasteiger charge is 2.24. The van der Waals surface area contributed by atoms with Crippen LogP contribution in [0, 0.1) is 5.92 Å². The van der Waals surface area contributed by atoms with Gasteiger partial charge >= 0.3 is 0 Å². The second-order valence-corrected chi connectivity index (χ2v) is 5.53. The Morgan fingerprint density at radius 3 is 2.71 bits per heavy atom. The monoisotopic (exact) mass is 239 g/mol. The molecule has 1 unspecified atom stereocenters. The number of likely N-dealkylation sites (tertiary alicyclic amines) is 1. The minimum absolute atomic E-state index is 0.378. The lowest BCUT2D eigenvalue weighted by molar-refractivity contribution is -0.134. The van der Waals surface area contributed by atoms with E-state index in [1.807, 2.05) is 0 Å². The second-order valence-electron chi connectivity index (χ2n) is 5.53. The molecule has 0 bridgehead atoms. The van der Waals surface area contributed by atoms with Gasteiger partial charge in [-0.25, -0.2) is 0 Å². The Morgan fingerprint density at radius 1 is 1.24 bits per heavy atom. The molecule has 2 saturated heterocycles. The van der Waals surface area contributed by atoms with Crippen LogP contribution in [0.4, 0.5) is 0 Å². The topological polar surface area (TPSA) is 29.5 Å². The first-order valence-electron chi connectivity index (χ1n) is 7.14. The van der Waals surface area contributed by atoms with Crippen LogP contribution in [-0.2, 0) is 9.53 Å². The van der Waals surface area contributed by atoms with Gasteiger partial charge in [0, 0.05) is 32.2 Å². The largest absolute Gasteiger partial charge is 0.381 e. The summed E-state index contributed by atoms with van der Waals surface area (Å²) in [5, 5.41) is 0. The zero-order valence-electron chi connectivity index (χ0n) is 11.0. The average molecular weight is 239 g/mol. The van der Waals surface area contributed by atoms with Crippen LogP contribution in [0.5, 0.6) is 0 Å². The third-order valence-corrected chi connectivity index (χ3v) is 4.23. The van der Waals surface area contributed by atoms with Gasteiger partial charge in [0.2, 0.25) is 5.91 Å². The molecular formula is C14H25NO2. The summed E-state index contributed by atoms with van der Waals surface area (Å²) in [6.07, 6.45) is 7.74. The van der Waals surface area contributed by atoms with Crippen LogP contribution in [0.2, 0.25) is 0 Å². The maximum Gasteiger partial charge on any atom is 0.222 e. The Balaban J connectivity index is 1.72. The van der Waals surface area contributed by atoms with Crippen molar-refractivity contribution in [3.8, 4) is 0 Å². The number of amides is 1. The molecule has 3 heteroatoms. The Bertz CT molecular complexity index is 249. The molecular weight excluding hydrogens is 214 g/mol. The summed E-state index contributed by atoms with van der Waals surface area (Å²) in [4.78, 5) is 14.2. The summed E-state index contributed by atoms with van der Waals surface area (Å²) < 4.78 is 5.34. The molecule has 0 aromatic rings. The van der Waals surface area contributed by atoms with E-state index in [-0.39, 0.29) is 0 Å². The standard InChI is InChI=1S/C14H25NO2/c1-12-4-2-3-9-15(12)14(16)6-5-13-7-10-17-11-8-13/h12-13H,2-11H2,1H3. The number of nitrogens with zero attached hydrogens (tertiary/aromatic N) is 1. The molecule has 0 N–H and O–H groups in total. The third kappa shape index (κ3) is 3.70. The fraction of sp³-hybridized carbons (Fsp3) is 0.929. The van der Waals surface area contributed by atoms with Crippen LogP contribution in [-0.4, -0.2) is 36.6 Å². The second kappa shape index (κ2) is 6.39. The van der Waals surface area contributed by atoms with E-state index in [9.17, 15) is 4.79 Å². The van der Waals surface area contributed by atoms with Gasteiger partial charge in [0.1, 0.15) is 0 Å². The van der Waals surface area contributed by atoms with Gasteiger partial charge in [0.05, 0.1) is 0 Å². The molecule has 98 valence electrons. The lowest BCUT2D eigenvalue weighted by Gasteiger charge is -2.34. The van der Waals surface area contributed by atoms with Crippen LogP contribution >= 0.6 is 0 Å². The molecule has 1 amide bonds. The third-order valence-electron chi connectivity index (χ3n) is 4.23. The first-order chi connectivity index (χ1) is 8.27. The molecule has 2 heterocycles. The molecule has 0 aromatic carbocycles. The molecule has 0 spiro atoms. The quantitative estimate of drug-likeness (QED) is 0.757. The molecule has 2 rings (SSSR count). The Kier molecular flexibility index (Phi) is 4.84. The molecule has 0 aliphatic carbocycles. The van der Waals surface area contributed by atoms with Gasteiger partial charge in [-0.2, -0.15) is 0 Å². The number of piperidine rings is 1. The zero-order chi connectivity index (χ0) is 12.1. The van der Waals surface area contributed by atoms with Gasteiger partial charge in [-0.1, -0.05) is 0 Å². The normalized spacial score (nSPS) is 27.1. The van der Waals surface area contributed by atoms with Gasteiger partial charge in [-0.05, 0) is 51.4 Å². The summed E-state index contributed by atoms with van der Waals surface area (Å²) in [6, 6.07) is 0.464. The van der Waals surface area contributed by atoms with E-state index in [1.54, 1.807) is 0 Å². The minimum Gasteiger partial charge on any atom is -0.381 e. The van der Waals surface area contributed by atoms with Gasteiger partial charge in [0.15, 0.2) is 0 Å². The number of carbonyl (C=O) groups excluding carboxylic acids is 1. The maximum atomic E-state index is 12.1. The molecule has 3 nitrogen and oxygen atoms in total. The smallest absolute Gasteiger partial charge is 0.222 e. The highest BCUT2D eigenvalue weighted by Crippen LogP contribution is 2.22. The lowest BCUT2D eigenvalue weighted by Crippen LogP contribution is -2.42. The van der Waals surface area contributed by atoms with Crippen LogP contribution < -0.4 is 0 Å². The Labute approximate surface area is 105 Å². The van der Waals surface area contributed by atoms with Crippen molar-refractivity contribution >= 4 is 5.91 Å². The molecule has 2 aliphatic rings. The van der Waals surface area contributed by atoms with Gasteiger partial charge < -0.3 is 9.64 Å². The van der Waals surface area contributed by atoms with Crippen LogP contribution in [0.15, 0.2) is 0 Å². The average Bonchev–Trinajstić information content (AvgIpc) is 2.38. The van der Waals surface area contributed by atoms with Crippen LogP contribution in [0.3, 0.4) is 0 Å².